The van der Waals surface area contributed by atoms with E-state index in [1.54, 1.807) is 4.80 Å². The predicted molar refractivity (Wildman–Crippen MR) is 82.6 cm³/mol. The zero-order chi connectivity index (χ0) is 14.5. The molecule has 0 amide bonds. The van der Waals surface area contributed by atoms with Gasteiger partial charge in [0.2, 0.25) is 0 Å². The predicted octanol–water partition coefficient (Wildman–Crippen LogP) is 2.74. The first kappa shape index (κ1) is 14.2. The highest BCUT2D eigenvalue weighted by atomic mass is 15.5. The summed E-state index contributed by atoms with van der Waals surface area (Å²) in [4.78, 5) is 1.67. The van der Waals surface area contributed by atoms with Crippen LogP contribution in [0.4, 0.5) is 0 Å². The van der Waals surface area contributed by atoms with Gasteiger partial charge >= 0.3 is 0 Å². The number of para-hydroxylation sites is 1. The minimum absolute atomic E-state index is 0.0885. The molecule has 21 heavy (non-hydrogen) atoms. The molecule has 1 aromatic heterocycles. The molecular formula is C16H23N5. The first-order valence-corrected chi connectivity index (χ1v) is 7.80. The second-order valence-electron chi connectivity index (χ2n) is 5.85. The Morgan fingerprint density at radius 1 is 1.19 bits per heavy atom. The molecule has 0 saturated heterocycles. The molecule has 2 aromatic rings. The number of nitrogens with zero attached hydrogens (tertiary/aromatic N) is 3. The summed E-state index contributed by atoms with van der Waals surface area (Å²) in [5.74, 6) is 6.49. The van der Waals surface area contributed by atoms with Crippen LogP contribution in [-0.2, 0) is 0 Å². The molecule has 5 heteroatoms. The Morgan fingerprint density at radius 2 is 1.95 bits per heavy atom. The maximum atomic E-state index is 5.74. The summed E-state index contributed by atoms with van der Waals surface area (Å²) in [5.41, 5.74) is 4.81. The van der Waals surface area contributed by atoms with Gasteiger partial charge in [-0.2, -0.15) is 15.0 Å². The zero-order valence-corrected chi connectivity index (χ0v) is 12.3. The SMILES string of the molecule is NNC(CC1CCCCC1)c1cnn(-c2ccccc2)n1. The summed E-state index contributed by atoms with van der Waals surface area (Å²) in [6.07, 6.45) is 9.55. The molecule has 1 saturated carbocycles. The molecule has 0 bridgehead atoms. The minimum Gasteiger partial charge on any atom is -0.271 e. The lowest BCUT2D eigenvalue weighted by Gasteiger charge is -2.25. The van der Waals surface area contributed by atoms with Crippen LogP contribution >= 0.6 is 0 Å². The van der Waals surface area contributed by atoms with Crippen molar-refractivity contribution in [1.29, 1.82) is 0 Å². The molecular weight excluding hydrogens is 262 g/mol. The molecule has 1 unspecified atom stereocenters. The molecule has 0 spiro atoms. The van der Waals surface area contributed by atoms with E-state index >= 15 is 0 Å². The van der Waals surface area contributed by atoms with Crippen LogP contribution in [0, 0.1) is 5.92 Å². The van der Waals surface area contributed by atoms with Crippen molar-refractivity contribution in [3.8, 4) is 5.69 Å². The van der Waals surface area contributed by atoms with Crippen molar-refractivity contribution in [1.82, 2.24) is 20.4 Å². The van der Waals surface area contributed by atoms with Crippen LogP contribution in [0.5, 0.6) is 0 Å². The molecule has 0 aliphatic heterocycles. The molecule has 1 fully saturated rings. The summed E-state index contributed by atoms with van der Waals surface area (Å²) in [5, 5.41) is 8.94. The maximum absolute atomic E-state index is 5.74. The summed E-state index contributed by atoms with van der Waals surface area (Å²) in [6.45, 7) is 0. The maximum Gasteiger partial charge on any atom is 0.101 e. The fourth-order valence-electron chi connectivity index (χ4n) is 3.15. The lowest BCUT2D eigenvalue weighted by molar-refractivity contribution is 0.298. The van der Waals surface area contributed by atoms with E-state index in [1.807, 2.05) is 36.5 Å². The van der Waals surface area contributed by atoms with E-state index in [2.05, 4.69) is 15.6 Å². The van der Waals surface area contributed by atoms with Gasteiger partial charge in [0.1, 0.15) is 5.69 Å². The van der Waals surface area contributed by atoms with Crippen molar-refractivity contribution < 1.29 is 0 Å². The lowest BCUT2D eigenvalue weighted by atomic mass is 9.84. The Bertz CT molecular complexity index is 545. The monoisotopic (exact) mass is 285 g/mol. The van der Waals surface area contributed by atoms with E-state index in [0.29, 0.717) is 0 Å². The van der Waals surface area contributed by atoms with Crippen molar-refractivity contribution in [2.45, 2.75) is 44.6 Å². The van der Waals surface area contributed by atoms with E-state index in [0.717, 1.165) is 23.7 Å². The fourth-order valence-corrected chi connectivity index (χ4v) is 3.15. The molecule has 3 rings (SSSR count). The van der Waals surface area contributed by atoms with E-state index in [1.165, 1.54) is 32.1 Å². The number of aromatic nitrogens is 3. The van der Waals surface area contributed by atoms with E-state index < -0.39 is 0 Å². The normalized spacial score (nSPS) is 17.8. The first-order chi connectivity index (χ1) is 10.4. The van der Waals surface area contributed by atoms with Crippen molar-refractivity contribution >= 4 is 0 Å². The Balaban J connectivity index is 1.71. The lowest BCUT2D eigenvalue weighted by Crippen LogP contribution is -2.30. The third-order valence-corrected chi connectivity index (χ3v) is 4.35. The highest BCUT2D eigenvalue weighted by molar-refractivity contribution is 5.28. The van der Waals surface area contributed by atoms with Crippen LogP contribution in [0.25, 0.3) is 5.69 Å². The average Bonchev–Trinajstić information content (AvgIpc) is 3.04. The van der Waals surface area contributed by atoms with Gasteiger partial charge in [0.25, 0.3) is 0 Å². The second kappa shape index (κ2) is 6.83. The van der Waals surface area contributed by atoms with Gasteiger partial charge in [0.05, 0.1) is 17.9 Å². The minimum atomic E-state index is 0.0885. The number of benzene rings is 1. The molecule has 1 aliphatic carbocycles. The van der Waals surface area contributed by atoms with Crippen LogP contribution in [0.2, 0.25) is 0 Å². The van der Waals surface area contributed by atoms with Crippen molar-refractivity contribution in [3.05, 3.63) is 42.2 Å². The number of nitrogens with one attached hydrogen (secondary N) is 1. The summed E-state index contributed by atoms with van der Waals surface area (Å²) in [6, 6.07) is 10.0. The van der Waals surface area contributed by atoms with Crippen molar-refractivity contribution in [2.75, 3.05) is 0 Å². The standard InChI is InChI=1S/C16H23N5/c17-19-15(11-13-7-3-1-4-8-13)16-12-18-21(20-16)14-9-5-2-6-10-14/h2,5-6,9-10,12-13,15,19H,1,3-4,7-8,11,17H2. The Morgan fingerprint density at radius 3 is 2.67 bits per heavy atom. The molecule has 1 aromatic carbocycles. The number of nitrogens with two attached hydrogens (primary N) is 1. The third kappa shape index (κ3) is 3.49. The van der Waals surface area contributed by atoms with Gasteiger partial charge < -0.3 is 0 Å². The Hall–Kier alpha value is -1.72. The van der Waals surface area contributed by atoms with Gasteiger partial charge in [-0.3, -0.25) is 11.3 Å². The average molecular weight is 285 g/mol. The van der Waals surface area contributed by atoms with Crippen LogP contribution in [-0.4, -0.2) is 15.0 Å². The molecule has 0 radical (unpaired) electrons. The number of hydrogen-bond donors (Lipinski definition) is 2. The summed E-state index contributed by atoms with van der Waals surface area (Å²) < 4.78 is 0. The van der Waals surface area contributed by atoms with Crippen LogP contribution in [0.3, 0.4) is 0 Å². The van der Waals surface area contributed by atoms with Crippen LogP contribution in [0.15, 0.2) is 36.5 Å². The number of hydrazine groups is 1. The topological polar surface area (TPSA) is 68.8 Å². The van der Waals surface area contributed by atoms with Gasteiger partial charge in [0.15, 0.2) is 0 Å². The molecule has 1 heterocycles. The Kier molecular flexibility index (Phi) is 4.62. The van der Waals surface area contributed by atoms with Crippen molar-refractivity contribution in [2.24, 2.45) is 11.8 Å². The van der Waals surface area contributed by atoms with Gasteiger partial charge in [-0.05, 0) is 24.5 Å². The zero-order valence-electron chi connectivity index (χ0n) is 12.3. The molecule has 112 valence electrons. The molecule has 3 N–H and O–H groups in total. The molecule has 1 aliphatic rings. The first-order valence-electron chi connectivity index (χ1n) is 7.80. The summed E-state index contributed by atoms with van der Waals surface area (Å²) in [7, 11) is 0. The number of rotatable bonds is 5. The smallest absolute Gasteiger partial charge is 0.101 e. The van der Waals surface area contributed by atoms with E-state index in [-0.39, 0.29) is 6.04 Å². The van der Waals surface area contributed by atoms with E-state index in [9.17, 15) is 0 Å². The largest absolute Gasteiger partial charge is 0.271 e. The Labute approximate surface area is 125 Å². The summed E-state index contributed by atoms with van der Waals surface area (Å²) >= 11 is 0. The van der Waals surface area contributed by atoms with Gasteiger partial charge in [-0.15, -0.1) is 0 Å². The highest BCUT2D eigenvalue weighted by Crippen LogP contribution is 2.31. The second-order valence-corrected chi connectivity index (χ2v) is 5.85. The third-order valence-electron chi connectivity index (χ3n) is 4.35. The molecule has 1 atom stereocenters. The van der Waals surface area contributed by atoms with Crippen LogP contribution < -0.4 is 11.3 Å². The highest BCUT2D eigenvalue weighted by Gasteiger charge is 2.21. The quantitative estimate of drug-likeness (QED) is 0.654. The number of hydrogen-bond acceptors (Lipinski definition) is 4. The van der Waals surface area contributed by atoms with Gasteiger partial charge in [0, 0.05) is 0 Å². The van der Waals surface area contributed by atoms with E-state index in [4.69, 9.17) is 5.84 Å². The fraction of sp³-hybridized carbons (Fsp3) is 0.500. The van der Waals surface area contributed by atoms with Gasteiger partial charge in [-0.25, -0.2) is 0 Å². The van der Waals surface area contributed by atoms with Crippen LogP contribution in [0.1, 0.15) is 50.3 Å². The van der Waals surface area contributed by atoms with Crippen molar-refractivity contribution in [3.63, 3.8) is 0 Å². The molecule has 5 nitrogen and oxygen atoms in total. The van der Waals surface area contributed by atoms with Gasteiger partial charge in [-0.1, -0.05) is 50.3 Å².